The molecular formula is C12H17NO4. The van der Waals surface area contributed by atoms with Gasteiger partial charge >= 0.3 is 0 Å². The van der Waals surface area contributed by atoms with Gasteiger partial charge in [-0.3, -0.25) is 9.36 Å². The minimum atomic E-state index is -0.353. The van der Waals surface area contributed by atoms with Gasteiger partial charge in [-0.05, 0) is 13.3 Å². The van der Waals surface area contributed by atoms with E-state index < -0.39 is 0 Å². The van der Waals surface area contributed by atoms with E-state index >= 15 is 0 Å². The average Bonchev–Trinajstić information content (AvgIpc) is 2.57. The highest BCUT2D eigenvalue weighted by Gasteiger charge is 2.20. The lowest BCUT2D eigenvalue weighted by Crippen LogP contribution is -2.21. The number of hydrogen-bond donors (Lipinski definition) is 2. The van der Waals surface area contributed by atoms with E-state index in [1.54, 1.807) is 0 Å². The molecule has 94 valence electrons. The van der Waals surface area contributed by atoms with Gasteiger partial charge in [0.25, 0.3) is 0 Å². The predicted molar refractivity (Wildman–Crippen MR) is 61.8 cm³/mol. The van der Waals surface area contributed by atoms with E-state index in [-0.39, 0.29) is 42.2 Å². The summed E-state index contributed by atoms with van der Waals surface area (Å²) in [5, 5.41) is 18.8. The van der Waals surface area contributed by atoms with E-state index in [0.717, 1.165) is 4.57 Å². The van der Waals surface area contributed by atoms with E-state index in [0.29, 0.717) is 6.42 Å². The lowest BCUT2D eigenvalue weighted by Gasteiger charge is -2.13. The summed E-state index contributed by atoms with van der Waals surface area (Å²) < 4.78 is 1.12. The molecule has 5 heteroatoms. The Labute approximate surface area is 99.7 Å². The zero-order chi connectivity index (χ0) is 13.0. The fourth-order valence-electron chi connectivity index (χ4n) is 1.73. The molecule has 0 amide bonds. The van der Waals surface area contributed by atoms with Crippen molar-refractivity contribution in [2.75, 3.05) is 0 Å². The number of hydrogen-bond acceptors (Lipinski definition) is 4. The van der Waals surface area contributed by atoms with Crippen LogP contribution in [0.3, 0.4) is 0 Å². The highest BCUT2D eigenvalue weighted by Crippen LogP contribution is 2.22. The van der Waals surface area contributed by atoms with Gasteiger partial charge in [-0.1, -0.05) is 6.92 Å². The van der Waals surface area contributed by atoms with Crippen molar-refractivity contribution in [2.24, 2.45) is 5.92 Å². The van der Waals surface area contributed by atoms with Crippen LogP contribution in [0.4, 0.5) is 0 Å². The fourth-order valence-corrected chi connectivity index (χ4v) is 1.73. The van der Waals surface area contributed by atoms with Gasteiger partial charge in [0.2, 0.25) is 0 Å². The largest absolute Gasteiger partial charge is 0.494 e. The van der Waals surface area contributed by atoms with Crippen molar-refractivity contribution in [3.63, 3.8) is 0 Å². The first kappa shape index (κ1) is 13.3. The summed E-state index contributed by atoms with van der Waals surface area (Å²) in [5.74, 6) is -0.869. The van der Waals surface area contributed by atoms with Crippen LogP contribution in [0.1, 0.15) is 26.7 Å². The maximum atomic E-state index is 11.9. The van der Waals surface area contributed by atoms with E-state index in [1.165, 1.54) is 19.1 Å². The fraction of sp³-hybridized carbons (Fsp3) is 0.500. The molecule has 2 N–H and O–H groups in total. The number of carbonyl (C=O) groups excluding carboxylic acids is 2. The molecule has 0 aliphatic rings. The minimum absolute atomic E-state index is 0.0360. The molecule has 1 aromatic rings. The molecule has 0 fully saturated rings. The molecule has 0 spiro atoms. The summed E-state index contributed by atoms with van der Waals surface area (Å²) in [5.41, 5.74) is 0. The van der Waals surface area contributed by atoms with Crippen LogP contribution in [-0.2, 0) is 16.1 Å². The highest BCUT2D eigenvalue weighted by atomic mass is 16.3. The van der Waals surface area contributed by atoms with Crippen LogP contribution in [0, 0.1) is 5.92 Å². The molecule has 0 saturated heterocycles. The number of aromatic hydroxyl groups is 2. The summed E-state index contributed by atoms with van der Waals surface area (Å²) in [6.45, 7) is 3.16. The maximum absolute atomic E-state index is 11.9. The standard InChI is InChI=1S/C12H17NO4/c1-3-9(6-8(2)14)10(15)7-13-11(16)4-5-12(13)17/h4-5,9,16-17H,3,6-7H2,1-2H3. The third-order valence-electron chi connectivity index (χ3n) is 2.73. The normalized spacial score (nSPS) is 12.4. The highest BCUT2D eigenvalue weighted by molar-refractivity contribution is 5.87. The number of rotatable bonds is 6. The van der Waals surface area contributed by atoms with Crippen LogP contribution in [0.5, 0.6) is 11.8 Å². The van der Waals surface area contributed by atoms with E-state index in [4.69, 9.17) is 0 Å². The van der Waals surface area contributed by atoms with Gasteiger partial charge in [-0.25, -0.2) is 0 Å². The first-order valence-electron chi connectivity index (χ1n) is 5.55. The van der Waals surface area contributed by atoms with Gasteiger partial charge in [0.15, 0.2) is 17.5 Å². The monoisotopic (exact) mass is 239 g/mol. The second kappa shape index (κ2) is 5.52. The molecule has 17 heavy (non-hydrogen) atoms. The Bertz CT molecular complexity index is 403. The van der Waals surface area contributed by atoms with E-state index in [2.05, 4.69) is 0 Å². The number of ketones is 2. The van der Waals surface area contributed by atoms with Gasteiger partial charge in [-0.2, -0.15) is 0 Å². The summed E-state index contributed by atoms with van der Waals surface area (Å²) in [7, 11) is 0. The molecule has 1 heterocycles. The maximum Gasteiger partial charge on any atom is 0.194 e. The molecule has 1 rings (SSSR count). The van der Waals surface area contributed by atoms with Crippen molar-refractivity contribution in [1.29, 1.82) is 0 Å². The van der Waals surface area contributed by atoms with Gasteiger partial charge < -0.3 is 15.0 Å². The molecule has 1 unspecified atom stereocenters. The third-order valence-corrected chi connectivity index (χ3v) is 2.73. The van der Waals surface area contributed by atoms with Crippen LogP contribution in [0.15, 0.2) is 12.1 Å². The summed E-state index contributed by atoms with van der Waals surface area (Å²) in [6.07, 6.45) is 0.777. The molecule has 0 aliphatic heterocycles. The van der Waals surface area contributed by atoms with Crippen LogP contribution in [0.25, 0.3) is 0 Å². The van der Waals surface area contributed by atoms with Crippen LogP contribution < -0.4 is 0 Å². The molecule has 0 radical (unpaired) electrons. The second-order valence-corrected chi connectivity index (χ2v) is 4.11. The van der Waals surface area contributed by atoms with E-state index in [1.807, 2.05) is 6.92 Å². The smallest absolute Gasteiger partial charge is 0.194 e. The number of Topliss-reactive ketones (excluding diaryl/α,β-unsaturated/α-hetero) is 2. The molecule has 1 atom stereocenters. The lowest BCUT2D eigenvalue weighted by atomic mass is 9.95. The van der Waals surface area contributed by atoms with Crippen LogP contribution in [0.2, 0.25) is 0 Å². The van der Waals surface area contributed by atoms with Gasteiger partial charge in [-0.15, -0.1) is 0 Å². The SMILES string of the molecule is CCC(CC(C)=O)C(=O)Cn1c(O)ccc1O. The predicted octanol–water partition coefficient (Wildman–Crippen LogP) is 1.47. The lowest BCUT2D eigenvalue weighted by molar-refractivity contribution is -0.127. The van der Waals surface area contributed by atoms with Crippen molar-refractivity contribution < 1.29 is 19.8 Å². The summed E-state index contributed by atoms with van der Waals surface area (Å²) in [4.78, 5) is 22.9. The van der Waals surface area contributed by atoms with Gasteiger partial charge in [0, 0.05) is 24.5 Å². The molecule has 0 aromatic carbocycles. The number of carbonyl (C=O) groups is 2. The topological polar surface area (TPSA) is 79.5 Å². The second-order valence-electron chi connectivity index (χ2n) is 4.11. The molecule has 0 aliphatic carbocycles. The number of nitrogens with zero attached hydrogens (tertiary/aromatic N) is 1. The molecule has 5 nitrogen and oxygen atoms in total. The summed E-state index contributed by atoms with van der Waals surface area (Å²) in [6, 6.07) is 2.63. The van der Waals surface area contributed by atoms with Crippen molar-refractivity contribution >= 4 is 11.6 Å². The molecular weight excluding hydrogens is 222 g/mol. The third kappa shape index (κ3) is 3.34. The minimum Gasteiger partial charge on any atom is -0.494 e. The first-order chi connectivity index (χ1) is 7.95. The Kier molecular flexibility index (Phi) is 4.31. The molecule has 1 aromatic heterocycles. The molecule has 0 saturated carbocycles. The van der Waals surface area contributed by atoms with Crippen LogP contribution >= 0.6 is 0 Å². The average molecular weight is 239 g/mol. The van der Waals surface area contributed by atoms with Crippen molar-refractivity contribution in [3.8, 4) is 11.8 Å². The van der Waals surface area contributed by atoms with Gasteiger partial charge in [0.05, 0.1) is 6.54 Å². The summed E-state index contributed by atoms with van der Waals surface area (Å²) >= 11 is 0. The Balaban J connectivity index is 2.74. The van der Waals surface area contributed by atoms with Crippen molar-refractivity contribution in [3.05, 3.63) is 12.1 Å². The Morgan fingerprint density at radius 3 is 2.24 bits per heavy atom. The quantitative estimate of drug-likeness (QED) is 0.787. The van der Waals surface area contributed by atoms with Crippen molar-refractivity contribution in [2.45, 2.75) is 33.2 Å². The van der Waals surface area contributed by atoms with Crippen molar-refractivity contribution in [1.82, 2.24) is 4.57 Å². The Morgan fingerprint density at radius 2 is 1.82 bits per heavy atom. The van der Waals surface area contributed by atoms with Crippen LogP contribution in [-0.4, -0.2) is 26.3 Å². The number of aromatic nitrogens is 1. The Hall–Kier alpha value is -1.78. The molecule has 0 bridgehead atoms. The zero-order valence-corrected chi connectivity index (χ0v) is 10.0. The van der Waals surface area contributed by atoms with E-state index in [9.17, 15) is 19.8 Å². The van der Waals surface area contributed by atoms with Gasteiger partial charge in [0.1, 0.15) is 5.78 Å². The zero-order valence-electron chi connectivity index (χ0n) is 10.0. The first-order valence-corrected chi connectivity index (χ1v) is 5.55. The Morgan fingerprint density at radius 1 is 1.29 bits per heavy atom.